The van der Waals surface area contributed by atoms with Gasteiger partial charge in [0.15, 0.2) is 24.4 Å². The summed E-state index contributed by atoms with van der Waals surface area (Å²) in [5.74, 6) is -7.70. The van der Waals surface area contributed by atoms with Gasteiger partial charge in [-0.1, -0.05) is 31.9 Å². The maximum Gasteiger partial charge on any atom is 0.523 e. The maximum absolute atomic E-state index is 13.3. The zero-order chi connectivity index (χ0) is 34.5. The normalized spacial score (nSPS) is 31.9. The van der Waals surface area contributed by atoms with E-state index in [0.717, 1.165) is 34.6 Å². The Hall–Kier alpha value is -2.11. The predicted octanol–water partition coefficient (Wildman–Crippen LogP) is 1.14. The molecule has 0 saturated carbocycles. The fourth-order valence-electron chi connectivity index (χ4n) is 4.22. The molecule has 0 amide bonds. The van der Waals surface area contributed by atoms with E-state index in [2.05, 4.69) is 36.0 Å². The van der Waals surface area contributed by atoms with E-state index in [0.29, 0.717) is 0 Å². The quantitative estimate of drug-likeness (QED) is 0.0892. The molecule has 2 saturated heterocycles. The van der Waals surface area contributed by atoms with Crippen LogP contribution >= 0.6 is 31.9 Å². The van der Waals surface area contributed by atoms with E-state index in [9.17, 15) is 45.6 Å². The molecule has 2 rings (SSSR count). The van der Waals surface area contributed by atoms with Gasteiger partial charge in [-0.3, -0.25) is 28.2 Å². The smallest absolute Gasteiger partial charge is 0.463 e. The van der Waals surface area contributed by atoms with Crippen LogP contribution in [-0.4, -0.2) is 116 Å². The lowest BCUT2D eigenvalue weighted by Crippen LogP contribution is -2.64. The summed E-state index contributed by atoms with van der Waals surface area (Å²) in [4.78, 5) is 58.6. The number of carbonyl (C=O) groups is 5. The van der Waals surface area contributed by atoms with E-state index in [1.54, 1.807) is 0 Å². The van der Waals surface area contributed by atoms with Crippen molar-refractivity contribution >= 4 is 71.8 Å². The summed E-state index contributed by atoms with van der Waals surface area (Å²) in [7, 11) is -6.36. The van der Waals surface area contributed by atoms with E-state index in [-0.39, 0.29) is 5.33 Å². The lowest BCUT2D eigenvalue weighted by atomic mass is 10.0. The molecule has 0 aromatic carbocycles. The van der Waals surface area contributed by atoms with Crippen molar-refractivity contribution in [1.29, 1.82) is 0 Å². The van der Waals surface area contributed by atoms with E-state index < -0.39 is 112 Å². The Morgan fingerprint density at radius 2 is 1.31 bits per heavy atom. The number of halogens is 5. The number of ether oxygens (including phenoxy) is 8. The van der Waals surface area contributed by atoms with Gasteiger partial charge >= 0.3 is 45.5 Å². The van der Waals surface area contributed by atoms with Crippen LogP contribution in [0.3, 0.4) is 0 Å². The van der Waals surface area contributed by atoms with E-state index in [1.165, 1.54) is 0 Å². The lowest BCUT2D eigenvalue weighted by molar-refractivity contribution is -0.370. The molecule has 0 aromatic heterocycles. The second-order valence-corrected chi connectivity index (χ2v) is 12.8. The molecular weight excluding hydrogens is 781 g/mol. The van der Waals surface area contributed by atoms with E-state index in [4.69, 9.17) is 37.9 Å². The largest absolute Gasteiger partial charge is 0.523 e. The van der Waals surface area contributed by atoms with Crippen molar-refractivity contribution < 1.29 is 87.6 Å². The molecule has 0 radical (unpaired) electrons. The van der Waals surface area contributed by atoms with Gasteiger partial charge in [0.1, 0.15) is 25.4 Å². The van der Waals surface area contributed by atoms with Crippen LogP contribution in [0.1, 0.15) is 34.6 Å². The Morgan fingerprint density at radius 1 is 0.800 bits per heavy atom. The van der Waals surface area contributed by atoms with Gasteiger partial charge in [0.05, 0.1) is 4.83 Å². The first-order chi connectivity index (χ1) is 20.6. The number of carbonyl (C=O) groups excluding carboxylic acids is 5. The zero-order valence-corrected chi connectivity index (χ0v) is 28.1. The van der Waals surface area contributed by atoms with Crippen molar-refractivity contribution in [3.63, 3.8) is 0 Å². The Labute approximate surface area is 271 Å². The number of rotatable bonds is 12. The molecular formula is C23H29Br2F3O16S. The van der Waals surface area contributed by atoms with Gasteiger partial charge in [-0.25, -0.2) is 0 Å². The molecule has 0 bridgehead atoms. The molecule has 45 heavy (non-hydrogen) atoms. The summed E-state index contributed by atoms with van der Waals surface area (Å²) in [6.07, 6.45) is -11.7. The first kappa shape index (κ1) is 39.1. The van der Waals surface area contributed by atoms with Crippen molar-refractivity contribution in [1.82, 2.24) is 0 Å². The van der Waals surface area contributed by atoms with Crippen molar-refractivity contribution in [2.24, 2.45) is 0 Å². The highest BCUT2D eigenvalue weighted by atomic mass is 79.9. The first-order valence-corrected chi connectivity index (χ1v) is 16.1. The summed E-state index contributed by atoms with van der Waals surface area (Å²) >= 11 is 6.30. The average Bonchev–Trinajstić information content (AvgIpc) is 3.15. The molecule has 258 valence electrons. The summed E-state index contributed by atoms with van der Waals surface area (Å²) in [6, 6.07) is 0. The monoisotopic (exact) mass is 808 g/mol. The summed E-state index contributed by atoms with van der Waals surface area (Å²) in [5, 5.41) is -0.257. The highest BCUT2D eigenvalue weighted by Crippen LogP contribution is 2.42. The minimum Gasteiger partial charge on any atom is -0.463 e. The molecule has 16 nitrogen and oxygen atoms in total. The minimum absolute atomic E-state index is 0.257. The second kappa shape index (κ2) is 15.7. The van der Waals surface area contributed by atoms with Gasteiger partial charge in [0, 0.05) is 39.9 Å². The molecule has 0 N–H and O–H groups in total. The fraction of sp³-hybridized carbons (Fsp3) is 0.783. The Bertz CT molecular complexity index is 1230. The first-order valence-electron chi connectivity index (χ1n) is 12.6. The molecule has 2 aliphatic rings. The zero-order valence-electron chi connectivity index (χ0n) is 24.1. The Kier molecular flexibility index (Phi) is 13.6. The Morgan fingerprint density at radius 3 is 1.78 bits per heavy atom. The molecule has 2 aliphatic heterocycles. The van der Waals surface area contributed by atoms with Crippen molar-refractivity contribution in [3.05, 3.63) is 0 Å². The highest BCUT2D eigenvalue weighted by molar-refractivity contribution is 9.09. The third-order valence-electron chi connectivity index (χ3n) is 5.84. The van der Waals surface area contributed by atoms with Crippen LogP contribution in [0.15, 0.2) is 0 Å². The molecule has 2 fully saturated rings. The van der Waals surface area contributed by atoms with Crippen LogP contribution < -0.4 is 0 Å². The van der Waals surface area contributed by atoms with Gasteiger partial charge in [0.25, 0.3) is 0 Å². The third-order valence-corrected chi connectivity index (χ3v) is 8.58. The average molecular weight is 810 g/mol. The SMILES string of the molecule is CC(=O)OC[C@H]1O[C@H](O[C@]2(COS(=O)(=O)C(F)(F)F)O[C@H](CBr)[C@@H](OC(C)=O)[C@@H]2OC(C)=O)[C@H](OC(C)=O)[C@@H](OC(C)=O)[C@@H]1Br. The lowest BCUT2D eigenvalue weighted by Gasteiger charge is -2.45. The number of alkyl halides is 5. The van der Waals surface area contributed by atoms with Crippen LogP contribution in [0, 0.1) is 0 Å². The van der Waals surface area contributed by atoms with E-state index in [1.807, 2.05) is 0 Å². The van der Waals surface area contributed by atoms with Crippen LogP contribution in [0.4, 0.5) is 13.2 Å². The van der Waals surface area contributed by atoms with Gasteiger partial charge < -0.3 is 37.9 Å². The maximum atomic E-state index is 13.3. The second-order valence-electron chi connectivity index (χ2n) is 9.44. The summed E-state index contributed by atoms with van der Waals surface area (Å²) in [6.45, 7) is 2.56. The van der Waals surface area contributed by atoms with Crippen molar-refractivity contribution in [2.45, 2.75) is 93.7 Å². The highest BCUT2D eigenvalue weighted by Gasteiger charge is 2.64. The van der Waals surface area contributed by atoms with E-state index >= 15 is 0 Å². The molecule has 0 spiro atoms. The number of hydrogen-bond acceptors (Lipinski definition) is 16. The van der Waals surface area contributed by atoms with Crippen LogP contribution in [0.2, 0.25) is 0 Å². The number of esters is 5. The molecule has 2 heterocycles. The molecule has 0 aromatic rings. The van der Waals surface area contributed by atoms with Crippen LogP contribution in [0.5, 0.6) is 0 Å². The van der Waals surface area contributed by atoms with Crippen LogP contribution in [0.25, 0.3) is 0 Å². The summed E-state index contributed by atoms with van der Waals surface area (Å²) < 4.78 is 111. The van der Waals surface area contributed by atoms with Gasteiger partial charge in [-0.2, -0.15) is 21.6 Å². The molecule has 0 unspecified atom stereocenters. The van der Waals surface area contributed by atoms with Crippen LogP contribution in [-0.2, 0) is 76.2 Å². The minimum atomic E-state index is -6.36. The summed E-state index contributed by atoms with van der Waals surface area (Å²) in [5.41, 5.74) is -5.94. The predicted molar refractivity (Wildman–Crippen MR) is 144 cm³/mol. The van der Waals surface area contributed by atoms with Gasteiger partial charge in [0.2, 0.25) is 12.1 Å². The molecule has 9 atom stereocenters. The topological polar surface area (TPSA) is 203 Å². The van der Waals surface area contributed by atoms with Crippen molar-refractivity contribution in [3.8, 4) is 0 Å². The number of hydrogen-bond donors (Lipinski definition) is 0. The Balaban J connectivity index is 2.76. The van der Waals surface area contributed by atoms with Gasteiger partial charge in [-0.15, -0.1) is 0 Å². The fourth-order valence-corrected chi connectivity index (χ4v) is 5.86. The third kappa shape index (κ3) is 10.2. The molecule has 0 aliphatic carbocycles. The standard InChI is InChI=1S/C23H29Br2F3O16S/c1-9(29)36-7-15-16(25)18(39-11(3)31)19(40-12(4)32)21(42-15)44-22(8-37-45(34,35)23(26,27)28)20(41-13(5)33)17(38-10(2)30)14(6-24)43-22/h14-21H,6-8H2,1-5H3/t14-,15-,16-,17-,18+,19-,20+,21-,22+/m1/s1. The molecule has 22 heteroatoms. The van der Waals surface area contributed by atoms with Gasteiger partial charge in [-0.05, 0) is 0 Å². The van der Waals surface area contributed by atoms with Crippen molar-refractivity contribution in [2.75, 3.05) is 18.5 Å².